The van der Waals surface area contributed by atoms with Crippen LogP contribution in [0.3, 0.4) is 0 Å². The molecule has 3 rings (SSSR count). The molecule has 7 nitrogen and oxygen atoms in total. The van der Waals surface area contributed by atoms with Crippen molar-refractivity contribution < 1.29 is 18.4 Å². The maximum atomic E-state index is 13.1. The van der Waals surface area contributed by atoms with Gasteiger partial charge >= 0.3 is 6.08 Å². The van der Waals surface area contributed by atoms with Crippen LogP contribution < -0.4 is 9.64 Å². The number of rotatable bonds is 5. The minimum Gasteiger partial charge on any atom is -0.442 e. The van der Waals surface area contributed by atoms with Gasteiger partial charge in [-0.15, -0.1) is 11.3 Å². The van der Waals surface area contributed by atoms with Crippen LogP contribution in [0.4, 0.5) is 15.2 Å². The molecule has 0 N–H and O–H groups in total. The van der Waals surface area contributed by atoms with E-state index in [2.05, 4.69) is 15.1 Å². The summed E-state index contributed by atoms with van der Waals surface area (Å²) in [6, 6.07) is 5.65. The Balaban J connectivity index is 1.72. The fraction of sp³-hybridized carbons (Fsp3) is 0.333. The lowest BCUT2D eigenvalue weighted by Crippen LogP contribution is -2.22. The lowest BCUT2D eigenvalue weighted by Gasteiger charge is -2.17. The summed E-state index contributed by atoms with van der Waals surface area (Å²) in [6.07, 6.45) is 0.0661. The Bertz CT molecular complexity index is 931. The number of nitrogens with zero attached hydrogens (tertiary/aromatic N) is 4. The first-order valence-corrected chi connectivity index (χ1v) is 9.09. The summed E-state index contributed by atoms with van der Waals surface area (Å²) in [5.74, 6) is -0.0460. The Labute approximate surface area is 159 Å². The van der Waals surface area contributed by atoms with Crippen molar-refractivity contribution in [3.05, 3.63) is 47.0 Å². The number of carbonyl (C=O) groups is 1. The molecule has 1 aromatic carbocycles. The van der Waals surface area contributed by atoms with Gasteiger partial charge in [-0.05, 0) is 24.3 Å². The van der Waals surface area contributed by atoms with Crippen LogP contribution in [0, 0.1) is 5.82 Å². The van der Waals surface area contributed by atoms with Gasteiger partial charge in [0.05, 0.1) is 11.4 Å². The highest BCUT2D eigenvalue weighted by molar-refractivity contribution is 7.14. The molecule has 2 heterocycles. The molecule has 1 amide bonds. The molecule has 0 atom stereocenters. The predicted octanol–water partition coefficient (Wildman–Crippen LogP) is 4.23. The van der Waals surface area contributed by atoms with Gasteiger partial charge in [0, 0.05) is 17.7 Å². The summed E-state index contributed by atoms with van der Waals surface area (Å²) in [5, 5.41) is 6.13. The third-order valence-electron chi connectivity index (χ3n) is 3.55. The lowest BCUT2D eigenvalue weighted by atomic mass is 9.96. The van der Waals surface area contributed by atoms with Crippen LogP contribution in [-0.4, -0.2) is 21.0 Å². The second-order valence-electron chi connectivity index (χ2n) is 6.87. The highest BCUT2D eigenvalue weighted by Crippen LogP contribution is 2.29. The zero-order valence-electron chi connectivity index (χ0n) is 15.4. The second-order valence-corrected chi connectivity index (χ2v) is 7.71. The minimum absolute atomic E-state index is 0.0661. The molecule has 0 unspecified atom stereocenters. The summed E-state index contributed by atoms with van der Waals surface area (Å²) < 4.78 is 23.7. The van der Waals surface area contributed by atoms with Crippen LogP contribution in [0.1, 0.15) is 39.2 Å². The standard InChI is InChI=1S/C18H19FN4O3S/c1-11(24)23(14-7-5-12(19)6-8-14)16-20-13(10-27-16)9-25-17-21-15(22-26-17)18(2,3)4/h5-8,10H,9H2,1-4H3. The largest absolute Gasteiger partial charge is 0.442 e. The van der Waals surface area contributed by atoms with Crippen molar-refractivity contribution in [3.8, 4) is 6.08 Å². The number of hydrogen-bond donors (Lipinski definition) is 0. The Kier molecular flexibility index (Phi) is 5.22. The Hall–Kier alpha value is -2.81. The predicted molar refractivity (Wildman–Crippen MR) is 98.7 cm³/mol. The molecule has 0 aliphatic heterocycles. The topological polar surface area (TPSA) is 81.4 Å². The number of anilines is 2. The van der Waals surface area contributed by atoms with E-state index in [1.807, 2.05) is 20.8 Å². The number of benzene rings is 1. The number of carbonyl (C=O) groups excluding carboxylic acids is 1. The minimum atomic E-state index is -0.371. The van der Waals surface area contributed by atoms with Crippen molar-refractivity contribution >= 4 is 28.1 Å². The van der Waals surface area contributed by atoms with Crippen molar-refractivity contribution in [3.63, 3.8) is 0 Å². The van der Waals surface area contributed by atoms with Gasteiger partial charge in [-0.2, -0.15) is 4.98 Å². The average molecular weight is 390 g/mol. The zero-order valence-corrected chi connectivity index (χ0v) is 16.2. The van der Waals surface area contributed by atoms with E-state index < -0.39 is 0 Å². The van der Waals surface area contributed by atoms with Gasteiger partial charge in [0.15, 0.2) is 11.0 Å². The normalized spacial score (nSPS) is 11.4. The van der Waals surface area contributed by atoms with E-state index in [1.165, 1.54) is 47.4 Å². The molecule has 3 aromatic rings. The number of thiazole rings is 1. The molecule has 142 valence electrons. The van der Waals surface area contributed by atoms with Crippen LogP contribution in [0.15, 0.2) is 34.2 Å². The first kappa shape index (κ1) is 19.0. The van der Waals surface area contributed by atoms with E-state index in [1.54, 1.807) is 5.38 Å². The molecule has 0 saturated heterocycles. The zero-order chi connectivity index (χ0) is 19.6. The molecular formula is C18H19FN4O3S. The molecule has 2 aromatic heterocycles. The smallest absolute Gasteiger partial charge is 0.417 e. The molecule has 0 saturated carbocycles. The number of ether oxygens (including phenoxy) is 1. The molecule has 0 radical (unpaired) electrons. The van der Waals surface area contributed by atoms with E-state index in [0.29, 0.717) is 22.3 Å². The van der Waals surface area contributed by atoms with E-state index in [9.17, 15) is 9.18 Å². The summed E-state index contributed by atoms with van der Waals surface area (Å²) in [6.45, 7) is 7.46. The van der Waals surface area contributed by atoms with Crippen LogP contribution in [0.2, 0.25) is 0 Å². The van der Waals surface area contributed by atoms with Gasteiger partial charge in [0.1, 0.15) is 12.4 Å². The van der Waals surface area contributed by atoms with Crippen molar-refractivity contribution in [2.24, 2.45) is 0 Å². The van der Waals surface area contributed by atoms with E-state index in [4.69, 9.17) is 9.26 Å². The summed E-state index contributed by atoms with van der Waals surface area (Å²) >= 11 is 1.28. The van der Waals surface area contributed by atoms with Crippen LogP contribution in [0.5, 0.6) is 6.08 Å². The van der Waals surface area contributed by atoms with Gasteiger partial charge in [-0.1, -0.05) is 25.9 Å². The summed E-state index contributed by atoms with van der Waals surface area (Å²) in [7, 11) is 0. The fourth-order valence-corrected chi connectivity index (χ4v) is 3.06. The monoisotopic (exact) mass is 390 g/mol. The van der Waals surface area contributed by atoms with Crippen molar-refractivity contribution in [2.45, 2.75) is 39.7 Å². The van der Waals surface area contributed by atoms with Gasteiger partial charge in [0.2, 0.25) is 5.91 Å². The van der Waals surface area contributed by atoms with Crippen molar-refractivity contribution in [1.29, 1.82) is 0 Å². The molecule has 0 bridgehead atoms. The number of aromatic nitrogens is 3. The van der Waals surface area contributed by atoms with Crippen LogP contribution >= 0.6 is 11.3 Å². The number of amides is 1. The van der Waals surface area contributed by atoms with E-state index in [0.717, 1.165) is 0 Å². The Morgan fingerprint density at radius 3 is 2.56 bits per heavy atom. The number of halogens is 1. The Morgan fingerprint density at radius 1 is 1.26 bits per heavy atom. The quantitative estimate of drug-likeness (QED) is 0.649. The van der Waals surface area contributed by atoms with E-state index >= 15 is 0 Å². The first-order valence-electron chi connectivity index (χ1n) is 8.21. The van der Waals surface area contributed by atoms with Gasteiger partial charge in [0.25, 0.3) is 0 Å². The highest BCUT2D eigenvalue weighted by atomic mass is 32.1. The molecule has 0 aliphatic carbocycles. The molecule has 0 aliphatic rings. The molecule has 9 heteroatoms. The lowest BCUT2D eigenvalue weighted by molar-refractivity contribution is -0.115. The number of hydrogen-bond acceptors (Lipinski definition) is 7. The first-order chi connectivity index (χ1) is 12.7. The molecule has 27 heavy (non-hydrogen) atoms. The third-order valence-corrected chi connectivity index (χ3v) is 4.43. The van der Waals surface area contributed by atoms with Crippen molar-refractivity contribution in [1.82, 2.24) is 15.1 Å². The molecule has 0 fully saturated rings. The van der Waals surface area contributed by atoms with Crippen molar-refractivity contribution in [2.75, 3.05) is 4.90 Å². The summed E-state index contributed by atoms with van der Waals surface area (Å²) in [4.78, 5) is 22.1. The maximum absolute atomic E-state index is 13.1. The van der Waals surface area contributed by atoms with Crippen LogP contribution in [0.25, 0.3) is 0 Å². The van der Waals surface area contributed by atoms with E-state index in [-0.39, 0.29) is 29.8 Å². The van der Waals surface area contributed by atoms with Gasteiger partial charge in [-0.25, -0.2) is 9.37 Å². The third kappa shape index (κ3) is 4.48. The maximum Gasteiger partial charge on any atom is 0.417 e. The Morgan fingerprint density at radius 2 is 1.96 bits per heavy atom. The SMILES string of the molecule is CC(=O)N(c1ccc(F)cc1)c1nc(COc2nc(C(C)(C)C)no2)cs1. The molecule has 0 spiro atoms. The highest BCUT2D eigenvalue weighted by Gasteiger charge is 2.22. The molecular weight excluding hydrogens is 371 g/mol. The fourth-order valence-electron chi connectivity index (χ4n) is 2.19. The van der Waals surface area contributed by atoms with Crippen LogP contribution in [-0.2, 0) is 16.8 Å². The second kappa shape index (κ2) is 7.43. The van der Waals surface area contributed by atoms with Gasteiger partial charge in [-0.3, -0.25) is 14.2 Å². The summed E-state index contributed by atoms with van der Waals surface area (Å²) in [5.41, 5.74) is 0.909. The average Bonchev–Trinajstić information content (AvgIpc) is 3.24. The van der Waals surface area contributed by atoms with Gasteiger partial charge < -0.3 is 4.74 Å².